The van der Waals surface area contributed by atoms with Crippen LogP contribution in [0.1, 0.15) is 36.7 Å². The highest BCUT2D eigenvalue weighted by molar-refractivity contribution is 5.78. The summed E-state index contributed by atoms with van der Waals surface area (Å²) in [6.45, 7) is 1.63. The van der Waals surface area contributed by atoms with Crippen LogP contribution in [-0.4, -0.2) is 21.4 Å². The highest BCUT2D eigenvalue weighted by Crippen LogP contribution is 2.30. The third-order valence-corrected chi connectivity index (χ3v) is 4.86. The lowest BCUT2D eigenvalue weighted by Crippen LogP contribution is -2.34. The zero-order valence-corrected chi connectivity index (χ0v) is 13.9. The quantitative estimate of drug-likeness (QED) is 0.791. The van der Waals surface area contributed by atoms with Crippen molar-refractivity contribution >= 4 is 10.9 Å². The number of piperidine rings is 1. The number of hydrogen-bond acceptors (Lipinski definition) is 3. The van der Waals surface area contributed by atoms with Gasteiger partial charge in [-0.3, -0.25) is 14.7 Å². The third-order valence-electron chi connectivity index (χ3n) is 4.86. The third kappa shape index (κ3) is 3.33. The fourth-order valence-electron chi connectivity index (χ4n) is 3.67. The average molecular weight is 337 g/mol. The van der Waals surface area contributed by atoms with Crippen LogP contribution >= 0.6 is 0 Å². The van der Waals surface area contributed by atoms with Crippen LogP contribution in [0, 0.1) is 5.82 Å². The molecule has 5 heteroatoms. The topological polar surface area (TPSA) is 49.0 Å². The number of pyridine rings is 2. The van der Waals surface area contributed by atoms with Gasteiger partial charge in [0, 0.05) is 35.4 Å². The first-order chi connectivity index (χ1) is 12.2. The lowest BCUT2D eigenvalue weighted by Gasteiger charge is -2.35. The van der Waals surface area contributed by atoms with Crippen LogP contribution in [0.15, 0.2) is 53.5 Å². The summed E-state index contributed by atoms with van der Waals surface area (Å²) < 4.78 is 13.4. The van der Waals surface area contributed by atoms with Crippen LogP contribution in [0.5, 0.6) is 0 Å². The van der Waals surface area contributed by atoms with Gasteiger partial charge in [-0.25, -0.2) is 4.39 Å². The van der Waals surface area contributed by atoms with Crippen LogP contribution in [0.3, 0.4) is 0 Å². The normalized spacial score (nSPS) is 18.5. The molecule has 1 fully saturated rings. The van der Waals surface area contributed by atoms with Gasteiger partial charge < -0.3 is 4.98 Å². The van der Waals surface area contributed by atoms with Crippen LogP contribution in [0.4, 0.5) is 4.39 Å². The second-order valence-corrected chi connectivity index (χ2v) is 6.59. The molecule has 0 unspecified atom stereocenters. The molecule has 0 saturated carbocycles. The van der Waals surface area contributed by atoms with E-state index in [0.717, 1.165) is 30.8 Å². The largest absolute Gasteiger partial charge is 0.357 e. The highest BCUT2D eigenvalue weighted by Gasteiger charge is 2.25. The number of H-pyrrole nitrogens is 1. The van der Waals surface area contributed by atoms with Crippen molar-refractivity contribution in [2.45, 2.75) is 31.8 Å². The summed E-state index contributed by atoms with van der Waals surface area (Å²) in [5, 5.41) is 0.392. The molecule has 3 heterocycles. The van der Waals surface area contributed by atoms with Gasteiger partial charge in [-0.15, -0.1) is 0 Å². The summed E-state index contributed by atoms with van der Waals surface area (Å²) in [6.07, 6.45) is 5.23. The van der Waals surface area contributed by atoms with Crippen molar-refractivity contribution in [3.05, 3.63) is 76.1 Å². The Bertz CT molecular complexity index is 939. The maximum atomic E-state index is 13.4. The maximum Gasteiger partial charge on any atom is 0.189 e. The number of aromatic amines is 1. The Morgan fingerprint density at radius 1 is 1.20 bits per heavy atom. The Morgan fingerprint density at radius 3 is 2.96 bits per heavy atom. The van der Waals surface area contributed by atoms with E-state index in [1.54, 1.807) is 12.1 Å². The van der Waals surface area contributed by atoms with E-state index in [4.69, 9.17) is 0 Å². The molecule has 4 rings (SSSR count). The number of likely N-dealkylation sites (tertiary alicyclic amines) is 1. The molecule has 0 radical (unpaired) electrons. The van der Waals surface area contributed by atoms with E-state index in [0.29, 0.717) is 17.4 Å². The number of nitrogens with one attached hydrogen (secondary N) is 1. The molecule has 1 aliphatic rings. The summed E-state index contributed by atoms with van der Waals surface area (Å²) >= 11 is 0. The van der Waals surface area contributed by atoms with Crippen molar-refractivity contribution in [3.63, 3.8) is 0 Å². The average Bonchev–Trinajstić information content (AvgIpc) is 2.64. The van der Waals surface area contributed by atoms with Crippen LogP contribution in [0.2, 0.25) is 0 Å². The summed E-state index contributed by atoms with van der Waals surface area (Å²) in [7, 11) is 0. The maximum absolute atomic E-state index is 13.4. The van der Waals surface area contributed by atoms with Crippen LogP contribution < -0.4 is 5.43 Å². The Kier molecular flexibility index (Phi) is 4.32. The van der Waals surface area contributed by atoms with E-state index in [2.05, 4.69) is 20.9 Å². The molecule has 2 aromatic heterocycles. The second-order valence-electron chi connectivity index (χ2n) is 6.59. The molecular weight excluding hydrogens is 317 g/mol. The Morgan fingerprint density at radius 2 is 2.12 bits per heavy atom. The monoisotopic (exact) mass is 337 g/mol. The number of nitrogens with zero attached hydrogens (tertiary/aromatic N) is 2. The fourth-order valence-corrected chi connectivity index (χ4v) is 3.67. The zero-order chi connectivity index (χ0) is 17.2. The molecule has 1 aromatic carbocycles. The number of benzene rings is 1. The molecule has 25 heavy (non-hydrogen) atoms. The summed E-state index contributed by atoms with van der Waals surface area (Å²) in [6, 6.07) is 12.2. The molecule has 0 aliphatic carbocycles. The summed E-state index contributed by atoms with van der Waals surface area (Å²) in [5.41, 5.74) is 2.46. The molecular formula is C20H20FN3O. The fraction of sp³-hybridized carbons (Fsp3) is 0.300. The summed E-state index contributed by atoms with van der Waals surface area (Å²) in [4.78, 5) is 22.5. The standard InChI is InChI=1S/C20H20FN3O/c21-14-7-8-17-16(11-14)20(25)12-15(23-17)13-24-10-4-2-6-19(24)18-5-1-3-9-22-18/h1,3,5,7-9,11-12,19H,2,4,6,10,13H2,(H,23,25)/t19-/m1/s1. The van der Waals surface area contributed by atoms with Gasteiger partial charge in [0.2, 0.25) is 0 Å². The van der Waals surface area contributed by atoms with Gasteiger partial charge in [0.15, 0.2) is 5.43 Å². The Balaban J connectivity index is 1.65. The van der Waals surface area contributed by atoms with E-state index >= 15 is 0 Å². The predicted molar refractivity (Wildman–Crippen MR) is 95.8 cm³/mol. The van der Waals surface area contributed by atoms with Crippen molar-refractivity contribution in [1.82, 2.24) is 14.9 Å². The SMILES string of the molecule is O=c1cc(CN2CCCC[C@@H]2c2ccccn2)[nH]c2ccc(F)cc12. The van der Waals surface area contributed by atoms with Crippen molar-refractivity contribution in [1.29, 1.82) is 0 Å². The minimum Gasteiger partial charge on any atom is -0.357 e. The van der Waals surface area contributed by atoms with Crippen molar-refractivity contribution in [2.75, 3.05) is 6.54 Å². The van der Waals surface area contributed by atoms with Gasteiger partial charge in [-0.2, -0.15) is 0 Å². The number of fused-ring (bicyclic) bond motifs is 1. The van der Waals surface area contributed by atoms with Gasteiger partial charge in [-0.05, 0) is 49.7 Å². The summed E-state index contributed by atoms with van der Waals surface area (Å²) in [5.74, 6) is -0.392. The molecule has 1 saturated heterocycles. The minimum absolute atomic E-state index is 0.144. The number of hydrogen-bond donors (Lipinski definition) is 1. The molecule has 4 nitrogen and oxygen atoms in total. The number of halogens is 1. The van der Waals surface area contributed by atoms with Crippen molar-refractivity contribution in [3.8, 4) is 0 Å². The number of aromatic nitrogens is 2. The van der Waals surface area contributed by atoms with Gasteiger partial charge >= 0.3 is 0 Å². The molecule has 3 aromatic rings. The van der Waals surface area contributed by atoms with E-state index in [1.165, 1.54) is 18.6 Å². The lowest BCUT2D eigenvalue weighted by molar-refractivity contribution is 0.135. The first-order valence-electron chi connectivity index (χ1n) is 8.67. The van der Waals surface area contributed by atoms with Gasteiger partial charge in [0.1, 0.15) is 5.82 Å². The zero-order valence-electron chi connectivity index (χ0n) is 13.9. The predicted octanol–water partition coefficient (Wildman–Crippen LogP) is 3.79. The molecule has 0 amide bonds. The minimum atomic E-state index is -0.392. The van der Waals surface area contributed by atoms with Gasteiger partial charge in [-0.1, -0.05) is 12.5 Å². The molecule has 1 aliphatic heterocycles. The van der Waals surface area contributed by atoms with Crippen molar-refractivity contribution < 1.29 is 4.39 Å². The Labute approximate surface area is 145 Å². The molecule has 1 N–H and O–H groups in total. The number of rotatable bonds is 3. The van der Waals surface area contributed by atoms with Crippen LogP contribution in [0.25, 0.3) is 10.9 Å². The van der Waals surface area contributed by atoms with Gasteiger partial charge in [0.05, 0.1) is 11.7 Å². The van der Waals surface area contributed by atoms with E-state index in [-0.39, 0.29) is 11.5 Å². The van der Waals surface area contributed by atoms with Crippen LogP contribution in [-0.2, 0) is 6.54 Å². The van der Waals surface area contributed by atoms with E-state index in [1.807, 2.05) is 18.3 Å². The van der Waals surface area contributed by atoms with Gasteiger partial charge in [0.25, 0.3) is 0 Å². The molecule has 0 bridgehead atoms. The van der Waals surface area contributed by atoms with Crippen molar-refractivity contribution in [2.24, 2.45) is 0 Å². The lowest BCUT2D eigenvalue weighted by atomic mass is 9.98. The highest BCUT2D eigenvalue weighted by atomic mass is 19.1. The first kappa shape index (κ1) is 16.0. The smallest absolute Gasteiger partial charge is 0.189 e. The Hall–Kier alpha value is -2.53. The second kappa shape index (κ2) is 6.76. The first-order valence-corrected chi connectivity index (χ1v) is 8.67. The molecule has 128 valence electrons. The van der Waals surface area contributed by atoms with E-state index < -0.39 is 5.82 Å². The molecule has 1 atom stereocenters. The van der Waals surface area contributed by atoms with E-state index in [9.17, 15) is 9.18 Å². The molecule has 0 spiro atoms.